The first kappa shape index (κ1) is 10.9. The SMILES string of the molecule is Cc1noc(C)c1CN1CCC(=O)CC1=O. The van der Waals surface area contributed by atoms with Crippen molar-refractivity contribution < 1.29 is 14.1 Å². The molecule has 1 aliphatic heterocycles. The highest BCUT2D eigenvalue weighted by Gasteiger charge is 2.25. The Morgan fingerprint density at radius 3 is 2.69 bits per heavy atom. The van der Waals surface area contributed by atoms with Gasteiger partial charge < -0.3 is 9.42 Å². The molecule has 2 heterocycles. The van der Waals surface area contributed by atoms with Gasteiger partial charge in [0.25, 0.3) is 0 Å². The minimum atomic E-state index is -0.101. The van der Waals surface area contributed by atoms with Crippen molar-refractivity contribution in [2.24, 2.45) is 0 Å². The minimum Gasteiger partial charge on any atom is -0.361 e. The van der Waals surface area contributed by atoms with E-state index in [9.17, 15) is 9.59 Å². The van der Waals surface area contributed by atoms with Gasteiger partial charge in [-0.1, -0.05) is 5.16 Å². The van der Waals surface area contributed by atoms with Gasteiger partial charge in [0, 0.05) is 18.5 Å². The largest absolute Gasteiger partial charge is 0.361 e. The summed E-state index contributed by atoms with van der Waals surface area (Å²) in [6, 6.07) is 0. The van der Waals surface area contributed by atoms with Crippen LogP contribution in [0.25, 0.3) is 0 Å². The quantitative estimate of drug-likeness (QED) is 0.700. The zero-order valence-corrected chi connectivity index (χ0v) is 9.45. The molecule has 0 unspecified atom stereocenters. The van der Waals surface area contributed by atoms with Crippen LogP contribution in [0.2, 0.25) is 0 Å². The molecule has 2 rings (SSSR count). The van der Waals surface area contributed by atoms with Crippen LogP contribution >= 0.6 is 0 Å². The summed E-state index contributed by atoms with van der Waals surface area (Å²) in [7, 11) is 0. The van der Waals surface area contributed by atoms with Gasteiger partial charge in [0.15, 0.2) is 0 Å². The smallest absolute Gasteiger partial charge is 0.230 e. The number of hydrogen-bond acceptors (Lipinski definition) is 4. The molecular weight excluding hydrogens is 208 g/mol. The van der Waals surface area contributed by atoms with E-state index in [1.54, 1.807) is 4.90 Å². The Morgan fingerprint density at radius 1 is 1.38 bits per heavy atom. The topological polar surface area (TPSA) is 63.4 Å². The van der Waals surface area contributed by atoms with E-state index in [2.05, 4.69) is 5.16 Å². The van der Waals surface area contributed by atoms with Crippen LogP contribution in [0, 0.1) is 13.8 Å². The van der Waals surface area contributed by atoms with Crippen molar-refractivity contribution in [1.82, 2.24) is 10.1 Å². The van der Waals surface area contributed by atoms with E-state index in [1.807, 2.05) is 13.8 Å². The van der Waals surface area contributed by atoms with Crippen LogP contribution in [0.5, 0.6) is 0 Å². The summed E-state index contributed by atoms with van der Waals surface area (Å²) in [6.07, 6.45) is 0.485. The fourth-order valence-electron chi connectivity index (χ4n) is 1.84. The van der Waals surface area contributed by atoms with Crippen LogP contribution in [-0.2, 0) is 16.1 Å². The van der Waals surface area contributed by atoms with Crippen LogP contribution in [0.3, 0.4) is 0 Å². The van der Waals surface area contributed by atoms with Crippen molar-refractivity contribution >= 4 is 11.7 Å². The molecule has 0 aromatic carbocycles. The number of ketones is 1. The number of amides is 1. The molecule has 1 aliphatic rings. The molecule has 1 amide bonds. The summed E-state index contributed by atoms with van der Waals surface area (Å²) < 4.78 is 5.04. The number of Topliss-reactive ketones (excluding diaryl/α,β-unsaturated/α-hetero) is 1. The molecule has 0 radical (unpaired) electrons. The fraction of sp³-hybridized carbons (Fsp3) is 0.545. The van der Waals surface area contributed by atoms with Crippen molar-refractivity contribution in [2.45, 2.75) is 33.2 Å². The lowest BCUT2D eigenvalue weighted by atomic mass is 10.1. The summed E-state index contributed by atoms with van der Waals surface area (Å²) in [5.74, 6) is 0.665. The number of aryl methyl sites for hydroxylation is 2. The first-order valence-corrected chi connectivity index (χ1v) is 5.29. The predicted octanol–water partition coefficient (Wildman–Crippen LogP) is 0.983. The molecule has 0 bridgehead atoms. The molecule has 0 saturated carbocycles. The number of piperidine rings is 1. The van der Waals surface area contributed by atoms with Gasteiger partial charge in [-0.15, -0.1) is 0 Å². The Hall–Kier alpha value is -1.65. The van der Waals surface area contributed by atoms with Gasteiger partial charge in [-0.3, -0.25) is 9.59 Å². The molecule has 86 valence electrons. The second kappa shape index (κ2) is 4.08. The van der Waals surface area contributed by atoms with Crippen LogP contribution in [0.1, 0.15) is 29.9 Å². The maximum atomic E-state index is 11.6. The Balaban J connectivity index is 2.10. The molecule has 0 N–H and O–H groups in total. The maximum absolute atomic E-state index is 11.6. The first-order chi connectivity index (χ1) is 7.58. The van der Waals surface area contributed by atoms with Crippen LogP contribution < -0.4 is 0 Å². The third-order valence-corrected chi connectivity index (χ3v) is 2.89. The van der Waals surface area contributed by atoms with Crippen LogP contribution in [0.15, 0.2) is 4.52 Å². The highest BCUT2D eigenvalue weighted by atomic mass is 16.5. The number of hydrogen-bond donors (Lipinski definition) is 0. The molecule has 0 atom stereocenters. The summed E-state index contributed by atoms with van der Waals surface area (Å²) in [6.45, 7) is 4.68. The van der Waals surface area contributed by atoms with Gasteiger partial charge in [-0.05, 0) is 13.8 Å². The highest BCUT2D eigenvalue weighted by molar-refractivity contribution is 6.00. The zero-order chi connectivity index (χ0) is 11.7. The van der Waals surface area contributed by atoms with E-state index in [0.717, 1.165) is 17.0 Å². The van der Waals surface area contributed by atoms with Crippen molar-refractivity contribution in [3.05, 3.63) is 17.0 Å². The number of rotatable bonds is 2. The molecule has 5 heteroatoms. The Kier molecular flexibility index (Phi) is 2.77. The van der Waals surface area contributed by atoms with E-state index in [-0.39, 0.29) is 18.1 Å². The van der Waals surface area contributed by atoms with E-state index in [0.29, 0.717) is 19.5 Å². The standard InChI is InChI=1S/C11H14N2O3/c1-7-10(8(2)16-12-7)6-13-4-3-9(14)5-11(13)15/h3-6H2,1-2H3. The van der Waals surface area contributed by atoms with Crippen LogP contribution in [0.4, 0.5) is 0 Å². The molecule has 0 aliphatic carbocycles. The van der Waals surface area contributed by atoms with Gasteiger partial charge in [0.2, 0.25) is 5.91 Å². The number of nitrogens with zero attached hydrogens (tertiary/aromatic N) is 2. The van der Waals surface area contributed by atoms with Crippen molar-refractivity contribution in [2.75, 3.05) is 6.54 Å². The van der Waals surface area contributed by atoms with Gasteiger partial charge in [0.1, 0.15) is 11.5 Å². The second-order valence-electron chi connectivity index (χ2n) is 4.08. The van der Waals surface area contributed by atoms with Crippen LogP contribution in [-0.4, -0.2) is 28.3 Å². The summed E-state index contributed by atoms with van der Waals surface area (Å²) in [5.41, 5.74) is 1.75. The highest BCUT2D eigenvalue weighted by Crippen LogP contribution is 2.17. The third-order valence-electron chi connectivity index (χ3n) is 2.89. The van der Waals surface area contributed by atoms with E-state index < -0.39 is 0 Å². The van der Waals surface area contributed by atoms with Gasteiger partial charge in [-0.2, -0.15) is 0 Å². The van der Waals surface area contributed by atoms with Crippen molar-refractivity contribution in [3.8, 4) is 0 Å². The molecule has 1 saturated heterocycles. The first-order valence-electron chi connectivity index (χ1n) is 5.29. The molecular formula is C11H14N2O3. The Bertz CT molecular complexity index is 417. The van der Waals surface area contributed by atoms with E-state index in [4.69, 9.17) is 4.52 Å². The van der Waals surface area contributed by atoms with Gasteiger partial charge >= 0.3 is 0 Å². The Morgan fingerprint density at radius 2 is 2.12 bits per heavy atom. The molecule has 16 heavy (non-hydrogen) atoms. The zero-order valence-electron chi connectivity index (χ0n) is 9.45. The predicted molar refractivity (Wildman–Crippen MR) is 55.6 cm³/mol. The second-order valence-corrected chi connectivity index (χ2v) is 4.08. The Labute approximate surface area is 93.4 Å². The molecule has 5 nitrogen and oxygen atoms in total. The van der Waals surface area contributed by atoms with E-state index >= 15 is 0 Å². The van der Waals surface area contributed by atoms with Gasteiger partial charge in [-0.25, -0.2) is 0 Å². The summed E-state index contributed by atoms with van der Waals surface area (Å²) >= 11 is 0. The van der Waals surface area contributed by atoms with Crippen molar-refractivity contribution in [3.63, 3.8) is 0 Å². The molecule has 1 aromatic rings. The molecule has 1 fully saturated rings. The summed E-state index contributed by atoms with van der Waals surface area (Å²) in [5, 5.41) is 3.84. The summed E-state index contributed by atoms with van der Waals surface area (Å²) in [4.78, 5) is 24.4. The number of aromatic nitrogens is 1. The maximum Gasteiger partial charge on any atom is 0.230 e. The van der Waals surface area contributed by atoms with E-state index in [1.165, 1.54) is 0 Å². The molecule has 1 aromatic heterocycles. The lowest BCUT2D eigenvalue weighted by Crippen LogP contribution is -2.38. The number of likely N-dealkylation sites (tertiary alicyclic amines) is 1. The normalized spacial score (nSPS) is 17.0. The lowest BCUT2D eigenvalue weighted by molar-refractivity contribution is -0.139. The fourth-order valence-corrected chi connectivity index (χ4v) is 1.84. The van der Waals surface area contributed by atoms with Gasteiger partial charge in [0.05, 0.1) is 18.7 Å². The lowest BCUT2D eigenvalue weighted by Gasteiger charge is -2.25. The molecule has 0 spiro atoms. The number of carbonyl (C=O) groups excluding carboxylic acids is 2. The average Bonchev–Trinajstić information content (AvgIpc) is 2.53. The monoisotopic (exact) mass is 222 g/mol. The third kappa shape index (κ3) is 1.98. The average molecular weight is 222 g/mol. The number of carbonyl (C=O) groups is 2. The minimum absolute atomic E-state index is 0.0278. The van der Waals surface area contributed by atoms with Crippen molar-refractivity contribution in [1.29, 1.82) is 0 Å².